The molecule has 1 heterocycles. The number of benzene rings is 1. The van der Waals surface area contributed by atoms with Crippen molar-refractivity contribution >= 4 is 23.6 Å². The Labute approximate surface area is 301 Å². The number of aliphatic hydroxyl groups excluding tert-OH is 1. The number of nitrogens with zero attached hydrogens (tertiary/aromatic N) is 2. The zero-order valence-electron chi connectivity index (χ0n) is 32.6. The summed E-state index contributed by atoms with van der Waals surface area (Å²) in [6.07, 6.45) is 0.196. The van der Waals surface area contributed by atoms with Crippen molar-refractivity contribution in [2.45, 2.75) is 130 Å². The molecule has 1 aliphatic rings. The van der Waals surface area contributed by atoms with Crippen molar-refractivity contribution in [2.24, 2.45) is 29.6 Å². The minimum absolute atomic E-state index is 0.00200. The molecule has 4 amide bonds. The van der Waals surface area contributed by atoms with Crippen molar-refractivity contribution < 1.29 is 33.8 Å². The molecule has 3 N–H and O–H groups in total. The maximum absolute atomic E-state index is 14.1. The summed E-state index contributed by atoms with van der Waals surface area (Å²) in [5.74, 6) is -1.62. The Hall–Kier alpha value is -3.02. The number of nitrogens with one attached hydrogen (secondary N) is 2. The summed E-state index contributed by atoms with van der Waals surface area (Å²) in [7, 11) is 4.86. The zero-order chi connectivity index (χ0) is 37.9. The molecular formula is C39H66N4O7. The number of aliphatic hydroxyl groups is 1. The number of rotatable bonds is 19. The normalized spacial score (nSPS) is 20.3. The number of amides is 4. The molecule has 10 atom stereocenters. The van der Waals surface area contributed by atoms with Crippen LogP contribution in [0.25, 0.3) is 0 Å². The number of hydrogen-bond donors (Lipinski definition) is 3. The SMILES string of the molecule is CC[C@H](C)C(C(CC(=O)N1CCC[C@H]1[C@H](OC)[C@@H](C)C(=O)N[C@H](C)C(O)c1ccccc1)OC)N(C)C(=O)[C@@H](NC(=O)[C@@H](C)C(C)C)C(C)C. The molecule has 11 heteroatoms. The van der Waals surface area contributed by atoms with Gasteiger partial charge in [-0.05, 0) is 43.1 Å². The lowest BCUT2D eigenvalue weighted by Crippen LogP contribution is -2.58. The second kappa shape index (κ2) is 20.1. The largest absolute Gasteiger partial charge is 0.386 e. The number of carbonyl (C=O) groups excluding carboxylic acids is 4. The average Bonchev–Trinajstić information content (AvgIpc) is 3.58. The second-order valence-corrected chi connectivity index (χ2v) is 15.0. The van der Waals surface area contributed by atoms with Gasteiger partial charge in [-0.25, -0.2) is 0 Å². The summed E-state index contributed by atoms with van der Waals surface area (Å²) in [6, 6.07) is 7.18. The van der Waals surface area contributed by atoms with Crippen LogP contribution < -0.4 is 10.6 Å². The van der Waals surface area contributed by atoms with Gasteiger partial charge in [0.2, 0.25) is 23.6 Å². The minimum Gasteiger partial charge on any atom is -0.386 e. The fourth-order valence-electron chi connectivity index (χ4n) is 7.00. The number of carbonyl (C=O) groups is 4. The Balaban J connectivity index is 2.23. The third-order valence-electron chi connectivity index (χ3n) is 10.9. The number of hydrogen-bond acceptors (Lipinski definition) is 7. The van der Waals surface area contributed by atoms with Gasteiger partial charge in [0, 0.05) is 33.7 Å². The quantitative estimate of drug-likeness (QED) is 0.192. The Kier molecular flexibility index (Phi) is 17.4. The summed E-state index contributed by atoms with van der Waals surface area (Å²) in [5.41, 5.74) is 0.713. The zero-order valence-corrected chi connectivity index (χ0v) is 32.6. The third-order valence-corrected chi connectivity index (χ3v) is 10.9. The molecule has 0 bridgehead atoms. The van der Waals surface area contributed by atoms with E-state index >= 15 is 0 Å². The van der Waals surface area contributed by atoms with Gasteiger partial charge in [-0.2, -0.15) is 0 Å². The monoisotopic (exact) mass is 702 g/mol. The molecular weight excluding hydrogens is 636 g/mol. The fraction of sp³-hybridized carbons (Fsp3) is 0.744. The van der Waals surface area contributed by atoms with Gasteiger partial charge < -0.3 is 35.0 Å². The van der Waals surface area contributed by atoms with Crippen LogP contribution in [-0.4, -0.2) is 103 Å². The van der Waals surface area contributed by atoms with Gasteiger partial charge in [0.1, 0.15) is 6.04 Å². The van der Waals surface area contributed by atoms with E-state index in [2.05, 4.69) is 10.6 Å². The minimum atomic E-state index is -0.872. The van der Waals surface area contributed by atoms with Crippen molar-refractivity contribution in [3.63, 3.8) is 0 Å². The Bertz CT molecular complexity index is 1230. The van der Waals surface area contributed by atoms with Gasteiger partial charge in [-0.3, -0.25) is 19.2 Å². The molecule has 3 unspecified atom stereocenters. The molecule has 0 aromatic heterocycles. The highest BCUT2D eigenvalue weighted by Crippen LogP contribution is 2.30. The van der Waals surface area contributed by atoms with E-state index in [1.165, 1.54) is 0 Å². The first-order valence-electron chi connectivity index (χ1n) is 18.5. The standard InChI is InChI=1S/C39H66N4O7/c1-13-25(6)34(42(10)39(48)33(24(4)5)41-37(46)26(7)23(2)3)31(49-11)22-32(44)43-21-17-20-30(43)36(50-12)27(8)38(47)40-28(9)35(45)29-18-15-14-16-19-29/h14-16,18-19,23-28,30-31,33-36,45H,13,17,20-22H2,1-12H3,(H,40,47)(H,41,46)/t25-,26-,27+,28+,30-,31?,33-,34?,35?,36+/m0/s1. The van der Waals surface area contributed by atoms with Crippen molar-refractivity contribution in [3.8, 4) is 0 Å². The molecule has 50 heavy (non-hydrogen) atoms. The van der Waals surface area contributed by atoms with Gasteiger partial charge in [-0.1, -0.05) is 92.1 Å². The van der Waals surface area contributed by atoms with E-state index in [0.717, 1.165) is 12.8 Å². The van der Waals surface area contributed by atoms with Crippen LogP contribution in [0.15, 0.2) is 30.3 Å². The maximum atomic E-state index is 14.1. The summed E-state index contributed by atoms with van der Waals surface area (Å²) < 4.78 is 11.9. The maximum Gasteiger partial charge on any atom is 0.245 e. The van der Waals surface area contributed by atoms with E-state index in [1.807, 2.05) is 78.8 Å². The number of likely N-dealkylation sites (N-methyl/N-ethyl adjacent to an activating group) is 1. The molecule has 11 nitrogen and oxygen atoms in total. The molecule has 1 aromatic carbocycles. The Morgan fingerprint density at radius 3 is 2.02 bits per heavy atom. The van der Waals surface area contributed by atoms with Crippen LogP contribution in [0.4, 0.5) is 0 Å². The van der Waals surface area contributed by atoms with Crippen LogP contribution in [0.3, 0.4) is 0 Å². The van der Waals surface area contributed by atoms with Crippen LogP contribution in [0.1, 0.15) is 99.7 Å². The molecule has 2 rings (SSSR count). The predicted octanol–water partition coefficient (Wildman–Crippen LogP) is 4.58. The van der Waals surface area contributed by atoms with E-state index in [0.29, 0.717) is 18.5 Å². The number of likely N-dealkylation sites (tertiary alicyclic amines) is 1. The summed E-state index contributed by atoms with van der Waals surface area (Å²) in [5, 5.41) is 16.7. The van der Waals surface area contributed by atoms with Gasteiger partial charge in [0.15, 0.2) is 0 Å². The number of methoxy groups -OCH3 is 2. The van der Waals surface area contributed by atoms with Crippen molar-refractivity contribution in [1.29, 1.82) is 0 Å². The molecule has 0 aliphatic carbocycles. The lowest BCUT2D eigenvalue weighted by molar-refractivity contribution is -0.148. The van der Waals surface area contributed by atoms with Crippen LogP contribution in [-0.2, 0) is 28.7 Å². The predicted molar refractivity (Wildman–Crippen MR) is 196 cm³/mol. The first kappa shape index (κ1) is 43.1. The smallest absolute Gasteiger partial charge is 0.245 e. The van der Waals surface area contributed by atoms with Gasteiger partial charge >= 0.3 is 0 Å². The molecule has 0 spiro atoms. The molecule has 0 radical (unpaired) electrons. The highest BCUT2D eigenvalue weighted by Gasteiger charge is 2.43. The summed E-state index contributed by atoms with van der Waals surface area (Å²) in [4.78, 5) is 58.0. The van der Waals surface area contributed by atoms with E-state index in [9.17, 15) is 24.3 Å². The lowest BCUT2D eigenvalue weighted by atomic mass is 9.89. The van der Waals surface area contributed by atoms with Gasteiger partial charge in [0.25, 0.3) is 0 Å². The number of ether oxygens (including phenoxy) is 2. The molecule has 284 valence electrons. The summed E-state index contributed by atoms with van der Waals surface area (Å²) in [6.45, 7) is 17.8. The van der Waals surface area contributed by atoms with E-state index < -0.39 is 42.4 Å². The van der Waals surface area contributed by atoms with Crippen molar-refractivity contribution in [2.75, 3.05) is 27.8 Å². The highest BCUT2D eigenvalue weighted by atomic mass is 16.5. The summed E-state index contributed by atoms with van der Waals surface area (Å²) >= 11 is 0. The van der Waals surface area contributed by atoms with Crippen molar-refractivity contribution in [1.82, 2.24) is 20.4 Å². The second-order valence-electron chi connectivity index (χ2n) is 15.0. The topological polar surface area (TPSA) is 138 Å². The van der Waals surface area contributed by atoms with Crippen molar-refractivity contribution in [3.05, 3.63) is 35.9 Å². The van der Waals surface area contributed by atoms with E-state index in [4.69, 9.17) is 9.47 Å². The first-order chi connectivity index (χ1) is 23.5. The van der Waals surface area contributed by atoms with Crippen LogP contribution in [0.5, 0.6) is 0 Å². The van der Waals surface area contributed by atoms with Gasteiger partial charge in [0.05, 0.1) is 48.8 Å². The van der Waals surface area contributed by atoms with E-state index in [1.54, 1.807) is 44.9 Å². The van der Waals surface area contributed by atoms with Gasteiger partial charge in [-0.15, -0.1) is 0 Å². The molecule has 1 aliphatic heterocycles. The van der Waals surface area contributed by atoms with Crippen LogP contribution >= 0.6 is 0 Å². The van der Waals surface area contributed by atoms with Crippen LogP contribution in [0.2, 0.25) is 0 Å². The first-order valence-corrected chi connectivity index (χ1v) is 18.5. The van der Waals surface area contributed by atoms with E-state index in [-0.39, 0.29) is 59.8 Å². The Morgan fingerprint density at radius 2 is 1.50 bits per heavy atom. The molecule has 1 fully saturated rings. The Morgan fingerprint density at radius 1 is 0.900 bits per heavy atom. The fourth-order valence-corrected chi connectivity index (χ4v) is 7.00. The van der Waals surface area contributed by atoms with Crippen LogP contribution in [0, 0.1) is 29.6 Å². The lowest BCUT2D eigenvalue weighted by Gasteiger charge is -2.41. The average molecular weight is 703 g/mol. The molecule has 0 saturated carbocycles. The highest BCUT2D eigenvalue weighted by molar-refractivity contribution is 5.89. The molecule has 1 saturated heterocycles. The third kappa shape index (κ3) is 11.0. The molecule has 1 aromatic rings.